The number of hydrogen-bond acceptors (Lipinski definition) is 2. The van der Waals surface area contributed by atoms with Gasteiger partial charge in [-0.2, -0.15) is 0 Å². The van der Waals surface area contributed by atoms with Crippen molar-refractivity contribution in [3.05, 3.63) is 64.7 Å². The Morgan fingerprint density at radius 3 is 2.70 bits per heavy atom. The van der Waals surface area contributed by atoms with E-state index in [9.17, 15) is 4.79 Å². The molecule has 0 aliphatic heterocycles. The molecule has 0 radical (unpaired) electrons. The van der Waals surface area contributed by atoms with E-state index in [2.05, 4.69) is 0 Å². The van der Waals surface area contributed by atoms with Crippen molar-refractivity contribution in [3.8, 4) is 11.5 Å². The maximum Gasteiger partial charge on any atom is 0.328 e. The van der Waals surface area contributed by atoms with Gasteiger partial charge in [-0.1, -0.05) is 35.9 Å². The first kappa shape index (κ1) is 14.2. The Labute approximate surface area is 122 Å². The quantitative estimate of drug-likeness (QED) is 0.840. The van der Waals surface area contributed by atoms with Crippen molar-refractivity contribution in [2.45, 2.75) is 6.92 Å². The van der Waals surface area contributed by atoms with Gasteiger partial charge in [0.25, 0.3) is 0 Å². The van der Waals surface area contributed by atoms with Crippen molar-refractivity contribution in [1.82, 2.24) is 0 Å². The van der Waals surface area contributed by atoms with Crippen LogP contribution < -0.4 is 4.74 Å². The Bertz CT molecular complexity index is 663. The lowest BCUT2D eigenvalue weighted by Crippen LogP contribution is -1.91. The minimum Gasteiger partial charge on any atom is -0.478 e. The van der Waals surface area contributed by atoms with Gasteiger partial charge in [0.1, 0.15) is 5.75 Å². The van der Waals surface area contributed by atoms with Gasteiger partial charge >= 0.3 is 5.97 Å². The minimum absolute atomic E-state index is 0.430. The highest BCUT2D eigenvalue weighted by atomic mass is 35.5. The van der Waals surface area contributed by atoms with E-state index in [1.54, 1.807) is 18.2 Å². The number of ether oxygens (including phenoxy) is 1. The third kappa shape index (κ3) is 3.62. The number of aliphatic carboxylic acids is 1. The number of halogens is 1. The third-order valence-corrected chi connectivity index (χ3v) is 2.91. The molecule has 0 spiro atoms. The zero-order valence-corrected chi connectivity index (χ0v) is 11.6. The fourth-order valence-corrected chi connectivity index (χ4v) is 1.94. The lowest BCUT2D eigenvalue weighted by atomic mass is 10.2. The molecule has 0 amide bonds. The van der Waals surface area contributed by atoms with E-state index in [0.29, 0.717) is 22.1 Å². The van der Waals surface area contributed by atoms with Gasteiger partial charge < -0.3 is 9.84 Å². The number of carbonyl (C=O) groups is 1. The number of aryl methyl sites for hydroxylation is 1. The third-order valence-electron chi connectivity index (χ3n) is 2.61. The molecule has 0 aromatic heterocycles. The number of hydrogen-bond donors (Lipinski definition) is 1. The molecule has 4 heteroatoms. The summed E-state index contributed by atoms with van der Waals surface area (Å²) in [6.07, 6.45) is 2.51. The lowest BCUT2D eigenvalue weighted by Gasteiger charge is -2.11. The van der Waals surface area contributed by atoms with Crippen LogP contribution >= 0.6 is 11.6 Å². The van der Waals surface area contributed by atoms with E-state index in [1.165, 1.54) is 6.08 Å². The summed E-state index contributed by atoms with van der Waals surface area (Å²) in [6.45, 7) is 1.96. The molecule has 0 aliphatic rings. The van der Waals surface area contributed by atoms with Crippen LogP contribution in [0.2, 0.25) is 5.02 Å². The molecule has 0 saturated carbocycles. The van der Waals surface area contributed by atoms with Crippen LogP contribution in [0.5, 0.6) is 11.5 Å². The fourth-order valence-electron chi connectivity index (χ4n) is 1.72. The molecule has 0 atom stereocenters. The van der Waals surface area contributed by atoms with Crippen LogP contribution in [0, 0.1) is 6.92 Å². The molecule has 1 N–H and O–H groups in total. The highest BCUT2D eigenvalue weighted by molar-refractivity contribution is 6.32. The Kier molecular flexibility index (Phi) is 4.43. The van der Waals surface area contributed by atoms with Crippen molar-refractivity contribution in [2.75, 3.05) is 0 Å². The molecular formula is C16H13ClO3. The van der Waals surface area contributed by atoms with E-state index in [-0.39, 0.29) is 0 Å². The molecule has 2 aromatic carbocycles. The molecular weight excluding hydrogens is 276 g/mol. The van der Waals surface area contributed by atoms with Crippen molar-refractivity contribution in [2.24, 2.45) is 0 Å². The molecule has 20 heavy (non-hydrogen) atoms. The molecule has 2 aromatic rings. The fraction of sp³-hybridized carbons (Fsp3) is 0.0625. The lowest BCUT2D eigenvalue weighted by molar-refractivity contribution is -0.131. The molecule has 0 unspecified atom stereocenters. The highest BCUT2D eigenvalue weighted by Crippen LogP contribution is 2.33. The largest absolute Gasteiger partial charge is 0.478 e. The van der Waals surface area contributed by atoms with Crippen LogP contribution in [0.25, 0.3) is 6.08 Å². The maximum atomic E-state index is 10.6. The predicted molar refractivity (Wildman–Crippen MR) is 79.4 cm³/mol. The van der Waals surface area contributed by atoms with E-state index in [4.69, 9.17) is 21.4 Å². The van der Waals surface area contributed by atoms with E-state index in [0.717, 1.165) is 11.6 Å². The van der Waals surface area contributed by atoms with Gasteiger partial charge in [-0.3, -0.25) is 0 Å². The minimum atomic E-state index is -1.02. The van der Waals surface area contributed by atoms with Crippen LogP contribution in [-0.4, -0.2) is 11.1 Å². The summed E-state index contributed by atoms with van der Waals surface area (Å²) in [5.41, 5.74) is 1.68. The normalized spacial score (nSPS) is 10.7. The zero-order valence-electron chi connectivity index (χ0n) is 10.8. The summed E-state index contributed by atoms with van der Waals surface area (Å²) < 4.78 is 5.78. The summed E-state index contributed by atoms with van der Waals surface area (Å²) in [5, 5.41) is 9.13. The summed E-state index contributed by atoms with van der Waals surface area (Å²) in [4.78, 5) is 10.6. The van der Waals surface area contributed by atoms with E-state index < -0.39 is 5.97 Å². The smallest absolute Gasteiger partial charge is 0.328 e. The Balaban J connectivity index is 2.37. The first-order valence-corrected chi connectivity index (χ1v) is 6.38. The zero-order chi connectivity index (χ0) is 14.5. The van der Waals surface area contributed by atoms with Crippen LogP contribution in [0.4, 0.5) is 0 Å². The van der Waals surface area contributed by atoms with Gasteiger partial charge in [-0.05, 0) is 36.8 Å². The van der Waals surface area contributed by atoms with Gasteiger partial charge in [0.05, 0.1) is 5.02 Å². The van der Waals surface area contributed by atoms with Gasteiger partial charge in [0.2, 0.25) is 0 Å². The Morgan fingerprint density at radius 1 is 1.25 bits per heavy atom. The molecule has 0 fully saturated rings. The molecule has 3 nitrogen and oxygen atoms in total. The van der Waals surface area contributed by atoms with Crippen molar-refractivity contribution in [3.63, 3.8) is 0 Å². The van der Waals surface area contributed by atoms with Crippen LogP contribution in [0.15, 0.2) is 48.5 Å². The summed E-state index contributed by atoms with van der Waals surface area (Å²) >= 11 is 6.13. The highest BCUT2D eigenvalue weighted by Gasteiger charge is 2.08. The number of para-hydroxylation sites is 1. The average Bonchev–Trinajstić information content (AvgIpc) is 2.39. The van der Waals surface area contributed by atoms with E-state index in [1.807, 2.05) is 31.2 Å². The first-order valence-electron chi connectivity index (χ1n) is 6.00. The Morgan fingerprint density at radius 2 is 2.00 bits per heavy atom. The summed E-state index contributed by atoms with van der Waals surface area (Å²) in [6, 6.07) is 12.7. The monoisotopic (exact) mass is 288 g/mol. The first-order chi connectivity index (χ1) is 9.56. The molecule has 0 saturated heterocycles. The van der Waals surface area contributed by atoms with Gasteiger partial charge in [-0.15, -0.1) is 0 Å². The van der Waals surface area contributed by atoms with Crippen molar-refractivity contribution < 1.29 is 14.6 Å². The second-order valence-corrected chi connectivity index (χ2v) is 4.66. The molecule has 2 rings (SSSR count). The SMILES string of the molecule is Cc1cccc(Oc2c(Cl)cccc2/C=C/C(=O)O)c1. The van der Waals surface area contributed by atoms with Crippen LogP contribution in [0.1, 0.15) is 11.1 Å². The molecule has 0 heterocycles. The van der Waals surface area contributed by atoms with Crippen molar-refractivity contribution >= 4 is 23.6 Å². The van der Waals surface area contributed by atoms with Crippen LogP contribution in [-0.2, 0) is 4.79 Å². The molecule has 0 aliphatic carbocycles. The molecule has 102 valence electrons. The second-order valence-electron chi connectivity index (χ2n) is 4.25. The number of rotatable bonds is 4. The average molecular weight is 289 g/mol. The predicted octanol–water partition coefficient (Wildman–Crippen LogP) is 4.54. The van der Waals surface area contributed by atoms with Gasteiger partial charge in [0.15, 0.2) is 5.75 Å². The standard InChI is InChI=1S/C16H13ClO3/c1-11-4-2-6-13(10-11)20-16-12(8-9-15(18)19)5-3-7-14(16)17/h2-10H,1H3,(H,18,19)/b9-8+. The van der Waals surface area contributed by atoms with Gasteiger partial charge in [-0.25, -0.2) is 4.79 Å². The second kappa shape index (κ2) is 6.26. The summed E-state index contributed by atoms with van der Waals surface area (Å²) in [7, 11) is 0. The topological polar surface area (TPSA) is 46.5 Å². The maximum absolute atomic E-state index is 10.6. The van der Waals surface area contributed by atoms with Gasteiger partial charge in [0, 0.05) is 11.6 Å². The Hall–Kier alpha value is -2.26. The van der Waals surface area contributed by atoms with Crippen molar-refractivity contribution in [1.29, 1.82) is 0 Å². The number of benzene rings is 2. The van der Waals surface area contributed by atoms with Crippen LogP contribution in [0.3, 0.4) is 0 Å². The van der Waals surface area contributed by atoms with E-state index >= 15 is 0 Å². The molecule has 0 bridgehead atoms. The number of carboxylic acids is 1. The summed E-state index contributed by atoms with van der Waals surface area (Å²) in [5.74, 6) is 0.0758. The number of carboxylic acid groups (broad SMARTS) is 1.